The summed E-state index contributed by atoms with van der Waals surface area (Å²) in [5.41, 5.74) is 1.16. The van der Waals surface area contributed by atoms with Crippen molar-refractivity contribution < 1.29 is 4.79 Å². The predicted molar refractivity (Wildman–Crippen MR) is 78.7 cm³/mol. The van der Waals surface area contributed by atoms with Crippen molar-refractivity contribution in [2.45, 2.75) is 77.4 Å². The molecule has 19 heavy (non-hydrogen) atoms. The summed E-state index contributed by atoms with van der Waals surface area (Å²) in [6, 6.07) is 0.294. The summed E-state index contributed by atoms with van der Waals surface area (Å²) in [7, 11) is 0. The molecule has 3 nitrogen and oxygen atoms in total. The van der Waals surface area contributed by atoms with Crippen LogP contribution in [0.15, 0.2) is 12.3 Å². The van der Waals surface area contributed by atoms with Gasteiger partial charge in [-0.2, -0.15) is 0 Å². The van der Waals surface area contributed by atoms with E-state index in [9.17, 15) is 4.79 Å². The van der Waals surface area contributed by atoms with Crippen LogP contribution in [-0.4, -0.2) is 27.9 Å². The van der Waals surface area contributed by atoms with Gasteiger partial charge < -0.3 is 10.2 Å². The van der Waals surface area contributed by atoms with Gasteiger partial charge in [0.1, 0.15) is 0 Å². The molecule has 2 aliphatic rings. The maximum atomic E-state index is 12.5. The SMILES string of the molecule is C=C1CC(CC)C(=O)N1C1CC(C)(C)NC(C)(C)C1. The summed E-state index contributed by atoms with van der Waals surface area (Å²) in [6.07, 6.45) is 3.77. The highest BCUT2D eigenvalue weighted by atomic mass is 16.2. The van der Waals surface area contributed by atoms with Crippen molar-refractivity contribution in [1.29, 1.82) is 0 Å². The van der Waals surface area contributed by atoms with Gasteiger partial charge in [0, 0.05) is 28.7 Å². The third-order valence-electron chi connectivity index (χ3n) is 4.44. The Morgan fingerprint density at radius 2 is 1.79 bits per heavy atom. The number of carbonyl (C=O) groups is 1. The average Bonchev–Trinajstić information content (AvgIpc) is 2.48. The van der Waals surface area contributed by atoms with Gasteiger partial charge >= 0.3 is 0 Å². The number of hydrogen-bond acceptors (Lipinski definition) is 2. The summed E-state index contributed by atoms with van der Waals surface area (Å²) in [5, 5.41) is 3.67. The molecular formula is C16H28N2O. The number of nitrogens with one attached hydrogen (secondary N) is 1. The van der Waals surface area contributed by atoms with E-state index in [1.165, 1.54) is 0 Å². The Morgan fingerprint density at radius 1 is 1.26 bits per heavy atom. The van der Waals surface area contributed by atoms with Crippen LogP contribution in [0.1, 0.15) is 60.3 Å². The molecule has 0 aromatic heterocycles. The van der Waals surface area contributed by atoms with E-state index in [-0.39, 0.29) is 17.0 Å². The molecule has 2 heterocycles. The maximum absolute atomic E-state index is 12.5. The molecule has 2 rings (SSSR count). The number of amides is 1. The monoisotopic (exact) mass is 264 g/mol. The number of hydrogen-bond donors (Lipinski definition) is 1. The van der Waals surface area contributed by atoms with Crippen LogP contribution in [0.25, 0.3) is 0 Å². The molecule has 0 saturated carbocycles. The van der Waals surface area contributed by atoms with Gasteiger partial charge in [0.25, 0.3) is 0 Å². The van der Waals surface area contributed by atoms with Crippen molar-refractivity contribution in [3.8, 4) is 0 Å². The highest BCUT2D eigenvalue weighted by Gasteiger charge is 2.45. The van der Waals surface area contributed by atoms with Crippen LogP contribution in [0.3, 0.4) is 0 Å². The minimum absolute atomic E-state index is 0.0667. The first-order valence-electron chi connectivity index (χ1n) is 7.45. The first kappa shape index (κ1) is 14.6. The molecule has 3 heteroatoms. The second-order valence-electron chi connectivity index (χ2n) is 7.54. The molecule has 2 fully saturated rings. The first-order chi connectivity index (χ1) is 8.65. The van der Waals surface area contributed by atoms with Crippen LogP contribution in [0, 0.1) is 5.92 Å². The lowest BCUT2D eigenvalue weighted by Crippen LogP contribution is -2.62. The van der Waals surface area contributed by atoms with Crippen LogP contribution < -0.4 is 5.32 Å². The molecule has 0 bridgehead atoms. The van der Waals surface area contributed by atoms with E-state index >= 15 is 0 Å². The summed E-state index contributed by atoms with van der Waals surface area (Å²) < 4.78 is 0. The zero-order chi connectivity index (χ0) is 14.4. The molecule has 0 aromatic carbocycles. The second kappa shape index (κ2) is 4.62. The summed E-state index contributed by atoms with van der Waals surface area (Å²) in [4.78, 5) is 14.5. The van der Waals surface area contributed by atoms with Crippen LogP contribution in [-0.2, 0) is 4.79 Å². The second-order valence-corrected chi connectivity index (χ2v) is 7.54. The fourth-order valence-corrected chi connectivity index (χ4v) is 4.03. The minimum atomic E-state index is 0.0667. The van der Waals surface area contributed by atoms with Gasteiger partial charge in [0.2, 0.25) is 5.91 Å². The van der Waals surface area contributed by atoms with Crippen molar-refractivity contribution in [3.05, 3.63) is 12.3 Å². The number of piperidine rings is 1. The van der Waals surface area contributed by atoms with Gasteiger partial charge in [-0.05, 0) is 53.4 Å². The maximum Gasteiger partial charge on any atom is 0.230 e. The fourth-order valence-electron chi connectivity index (χ4n) is 4.03. The van der Waals surface area contributed by atoms with Gasteiger partial charge in [-0.3, -0.25) is 4.79 Å². The quantitative estimate of drug-likeness (QED) is 0.831. The largest absolute Gasteiger partial charge is 0.313 e. The Bertz CT molecular complexity index is 382. The number of allylic oxidation sites excluding steroid dienone is 1. The topological polar surface area (TPSA) is 32.3 Å². The van der Waals surface area contributed by atoms with Crippen LogP contribution in [0.2, 0.25) is 0 Å². The zero-order valence-corrected chi connectivity index (χ0v) is 13.0. The molecule has 2 saturated heterocycles. The van der Waals surface area contributed by atoms with Gasteiger partial charge in [-0.15, -0.1) is 0 Å². The standard InChI is InChI=1S/C16H28N2O/c1-7-12-8-11(2)18(14(12)19)13-9-15(3,4)17-16(5,6)10-13/h12-13,17H,2,7-10H2,1,3-6H3. The minimum Gasteiger partial charge on any atom is -0.313 e. The molecule has 108 valence electrons. The Morgan fingerprint density at radius 3 is 2.21 bits per heavy atom. The molecule has 2 aliphatic heterocycles. The molecular weight excluding hydrogens is 236 g/mol. The fraction of sp³-hybridized carbons (Fsp3) is 0.812. The van der Waals surface area contributed by atoms with E-state index in [4.69, 9.17) is 0 Å². The Hall–Kier alpha value is -0.830. The van der Waals surface area contributed by atoms with E-state index < -0.39 is 0 Å². The lowest BCUT2D eigenvalue weighted by atomic mass is 9.79. The van der Waals surface area contributed by atoms with Gasteiger partial charge in [0.05, 0.1) is 0 Å². The van der Waals surface area contributed by atoms with Gasteiger partial charge in [0.15, 0.2) is 0 Å². The van der Waals surface area contributed by atoms with E-state index in [0.29, 0.717) is 11.9 Å². The summed E-state index contributed by atoms with van der Waals surface area (Å²) >= 11 is 0. The average molecular weight is 264 g/mol. The molecule has 0 radical (unpaired) electrons. The summed E-state index contributed by atoms with van der Waals surface area (Å²) in [6.45, 7) is 15.1. The van der Waals surface area contributed by atoms with Crippen molar-refractivity contribution in [2.24, 2.45) is 5.92 Å². The van der Waals surface area contributed by atoms with E-state index in [0.717, 1.165) is 31.4 Å². The van der Waals surface area contributed by atoms with Gasteiger partial charge in [-0.25, -0.2) is 0 Å². The highest BCUT2D eigenvalue weighted by molar-refractivity contribution is 5.84. The van der Waals surface area contributed by atoms with Crippen LogP contribution in [0.4, 0.5) is 0 Å². The zero-order valence-electron chi connectivity index (χ0n) is 13.0. The lowest BCUT2D eigenvalue weighted by molar-refractivity contribution is -0.133. The third kappa shape index (κ3) is 2.86. The van der Waals surface area contributed by atoms with Crippen molar-refractivity contribution >= 4 is 5.91 Å². The predicted octanol–water partition coefficient (Wildman–Crippen LogP) is 3.07. The molecule has 0 spiro atoms. The van der Waals surface area contributed by atoms with Crippen LogP contribution in [0.5, 0.6) is 0 Å². The Balaban J connectivity index is 2.22. The number of nitrogens with zero attached hydrogens (tertiary/aromatic N) is 1. The number of rotatable bonds is 2. The molecule has 0 aliphatic carbocycles. The van der Waals surface area contributed by atoms with E-state index in [1.807, 2.05) is 4.90 Å². The van der Waals surface area contributed by atoms with E-state index in [2.05, 4.69) is 46.5 Å². The number of likely N-dealkylation sites (tertiary alicyclic amines) is 1. The molecule has 0 aromatic rings. The molecule has 1 atom stereocenters. The lowest BCUT2D eigenvalue weighted by Gasteiger charge is -2.49. The van der Waals surface area contributed by atoms with Crippen molar-refractivity contribution in [2.75, 3.05) is 0 Å². The van der Waals surface area contributed by atoms with Gasteiger partial charge in [-0.1, -0.05) is 13.5 Å². The third-order valence-corrected chi connectivity index (χ3v) is 4.44. The first-order valence-corrected chi connectivity index (χ1v) is 7.45. The highest BCUT2D eigenvalue weighted by Crippen LogP contribution is 2.38. The molecule has 1 N–H and O–H groups in total. The van der Waals surface area contributed by atoms with Crippen molar-refractivity contribution in [1.82, 2.24) is 10.2 Å². The van der Waals surface area contributed by atoms with Crippen molar-refractivity contribution in [3.63, 3.8) is 0 Å². The smallest absolute Gasteiger partial charge is 0.230 e. The normalized spacial score (nSPS) is 31.0. The molecule has 1 unspecified atom stereocenters. The Kier molecular flexibility index (Phi) is 3.54. The Labute approximate surface area is 117 Å². The summed E-state index contributed by atoms with van der Waals surface area (Å²) in [5.74, 6) is 0.458. The van der Waals surface area contributed by atoms with Crippen LogP contribution >= 0.6 is 0 Å². The molecule has 1 amide bonds. The number of carbonyl (C=O) groups excluding carboxylic acids is 1. The van der Waals surface area contributed by atoms with E-state index in [1.54, 1.807) is 0 Å².